The summed E-state index contributed by atoms with van der Waals surface area (Å²) in [6.07, 6.45) is 5.71. The third kappa shape index (κ3) is 2.40. The van der Waals surface area contributed by atoms with Gasteiger partial charge in [0, 0.05) is 10.9 Å². The van der Waals surface area contributed by atoms with Gasteiger partial charge in [-0.15, -0.1) is 0 Å². The first-order valence-electron chi connectivity index (χ1n) is 5.52. The third-order valence-corrected chi connectivity index (χ3v) is 3.54. The average molecular weight is 223 g/mol. The summed E-state index contributed by atoms with van der Waals surface area (Å²) < 4.78 is 0. The molecule has 15 heavy (non-hydrogen) atoms. The van der Waals surface area contributed by atoms with Gasteiger partial charge in [-0.25, -0.2) is 0 Å². The lowest BCUT2D eigenvalue weighted by Crippen LogP contribution is -2.18. The summed E-state index contributed by atoms with van der Waals surface area (Å²) in [4.78, 5) is 11.0. The average Bonchev–Trinajstić information content (AvgIpc) is 2.30. The molecule has 0 radical (unpaired) electrons. The molecule has 1 nitrogen and oxygen atoms in total. The van der Waals surface area contributed by atoms with Crippen molar-refractivity contribution >= 4 is 17.9 Å². The fourth-order valence-corrected chi connectivity index (χ4v) is 2.57. The van der Waals surface area contributed by atoms with Crippen LogP contribution in [-0.2, 0) is 4.79 Å². The first kappa shape index (κ1) is 10.7. The van der Waals surface area contributed by atoms with Crippen molar-refractivity contribution in [2.24, 2.45) is 5.92 Å². The van der Waals surface area contributed by atoms with Crippen LogP contribution in [0.4, 0.5) is 0 Å². The highest BCUT2D eigenvalue weighted by Gasteiger charge is 2.25. The molecule has 1 fully saturated rings. The predicted molar refractivity (Wildman–Crippen MR) is 62.2 cm³/mol. The van der Waals surface area contributed by atoms with E-state index in [1.54, 1.807) is 0 Å². The van der Waals surface area contributed by atoms with Crippen molar-refractivity contribution in [2.45, 2.75) is 31.6 Å². The van der Waals surface area contributed by atoms with Gasteiger partial charge in [0.05, 0.1) is 0 Å². The Labute approximate surface area is 95.4 Å². The van der Waals surface area contributed by atoms with Crippen molar-refractivity contribution in [3.05, 3.63) is 34.9 Å². The summed E-state index contributed by atoms with van der Waals surface area (Å²) in [5, 5.41) is 0.761. The maximum atomic E-state index is 11.0. The molecule has 0 amide bonds. The van der Waals surface area contributed by atoms with Crippen LogP contribution in [0.25, 0.3) is 0 Å². The second kappa shape index (κ2) is 4.80. The maximum absolute atomic E-state index is 11.0. The quantitative estimate of drug-likeness (QED) is 0.696. The highest BCUT2D eigenvalue weighted by molar-refractivity contribution is 6.30. The molecule has 0 saturated heterocycles. The highest BCUT2D eigenvalue weighted by Crippen LogP contribution is 2.36. The van der Waals surface area contributed by atoms with Gasteiger partial charge in [-0.2, -0.15) is 0 Å². The van der Waals surface area contributed by atoms with Gasteiger partial charge in [-0.3, -0.25) is 0 Å². The van der Waals surface area contributed by atoms with Crippen molar-refractivity contribution in [2.75, 3.05) is 0 Å². The lowest BCUT2D eigenvalue weighted by Gasteiger charge is -2.27. The number of halogens is 1. The van der Waals surface area contributed by atoms with Crippen LogP contribution < -0.4 is 0 Å². The second-order valence-electron chi connectivity index (χ2n) is 4.24. The van der Waals surface area contributed by atoms with E-state index in [9.17, 15) is 4.79 Å². The number of carbonyl (C=O) groups is 1. The fourth-order valence-electron chi connectivity index (χ4n) is 2.45. The van der Waals surface area contributed by atoms with Gasteiger partial charge >= 0.3 is 0 Å². The Morgan fingerprint density at radius 2 is 1.80 bits per heavy atom. The molecule has 0 aliphatic heterocycles. The molecule has 2 heteroatoms. The summed E-state index contributed by atoms with van der Waals surface area (Å²) in [6, 6.07) is 7.92. The number of hydrogen-bond acceptors (Lipinski definition) is 1. The van der Waals surface area contributed by atoms with E-state index in [0.29, 0.717) is 5.92 Å². The van der Waals surface area contributed by atoms with Gasteiger partial charge in [-0.05, 0) is 36.5 Å². The zero-order chi connectivity index (χ0) is 10.7. The van der Waals surface area contributed by atoms with Crippen LogP contribution in [0.2, 0.25) is 5.02 Å². The molecule has 0 heterocycles. The maximum Gasteiger partial charge on any atom is 0.123 e. The Balaban J connectivity index is 2.20. The molecule has 2 unspecified atom stereocenters. The van der Waals surface area contributed by atoms with Crippen LogP contribution in [0.5, 0.6) is 0 Å². The van der Waals surface area contributed by atoms with Crippen LogP contribution in [0.1, 0.15) is 37.2 Å². The SMILES string of the molecule is O=CC1CCCCC1c1ccc(Cl)cc1. The number of aldehydes is 1. The first-order chi connectivity index (χ1) is 7.31. The van der Waals surface area contributed by atoms with Gasteiger partial charge < -0.3 is 4.79 Å². The van der Waals surface area contributed by atoms with Crippen LogP contribution in [0.3, 0.4) is 0 Å². The minimum atomic E-state index is 0.208. The van der Waals surface area contributed by atoms with Crippen LogP contribution >= 0.6 is 11.6 Å². The van der Waals surface area contributed by atoms with Crippen LogP contribution in [0, 0.1) is 5.92 Å². The zero-order valence-electron chi connectivity index (χ0n) is 8.66. The Morgan fingerprint density at radius 1 is 1.13 bits per heavy atom. The summed E-state index contributed by atoms with van der Waals surface area (Å²) in [6.45, 7) is 0. The van der Waals surface area contributed by atoms with Crippen molar-refractivity contribution < 1.29 is 4.79 Å². The molecule has 0 aromatic heterocycles. The van der Waals surface area contributed by atoms with Crippen LogP contribution in [-0.4, -0.2) is 6.29 Å². The minimum absolute atomic E-state index is 0.208. The fraction of sp³-hybridized carbons (Fsp3) is 0.462. The van der Waals surface area contributed by atoms with E-state index in [-0.39, 0.29) is 5.92 Å². The molecule has 0 bridgehead atoms. The van der Waals surface area contributed by atoms with E-state index in [2.05, 4.69) is 12.1 Å². The van der Waals surface area contributed by atoms with E-state index in [4.69, 9.17) is 11.6 Å². The lowest BCUT2D eigenvalue weighted by atomic mass is 9.76. The van der Waals surface area contributed by atoms with Crippen molar-refractivity contribution in [3.63, 3.8) is 0 Å². The monoisotopic (exact) mass is 222 g/mol. The zero-order valence-corrected chi connectivity index (χ0v) is 9.41. The molecule has 1 aliphatic rings. The number of carbonyl (C=O) groups excluding carboxylic acids is 1. The smallest absolute Gasteiger partial charge is 0.123 e. The van der Waals surface area contributed by atoms with Crippen molar-refractivity contribution in [1.82, 2.24) is 0 Å². The van der Waals surface area contributed by atoms with E-state index in [0.717, 1.165) is 24.2 Å². The molecule has 0 spiro atoms. The van der Waals surface area contributed by atoms with E-state index in [1.165, 1.54) is 18.4 Å². The summed E-state index contributed by atoms with van der Waals surface area (Å²) in [7, 11) is 0. The van der Waals surface area contributed by atoms with Gasteiger partial charge in [-0.1, -0.05) is 36.6 Å². The van der Waals surface area contributed by atoms with Crippen molar-refractivity contribution in [3.8, 4) is 0 Å². The Morgan fingerprint density at radius 3 is 2.47 bits per heavy atom. The molecule has 1 saturated carbocycles. The van der Waals surface area contributed by atoms with Crippen LogP contribution in [0.15, 0.2) is 24.3 Å². The summed E-state index contributed by atoms with van der Waals surface area (Å²) >= 11 is 5.85. The molecule has 1 aliphatic carbocycles. The first-order valence-corrected chi connectivity index (χ1v) is 5.90. The second-order valence-corrected chi connectivity index (χ2v) is 4.68. The highest BCUT2D eigenvalue weighted by atomic mass is 35.5. The molecule has 2 atom stereocenters. The molecule has 80 valence electrons. The molecular formula is C13H15ClO. The number of rotatable bonds is 2. The normalized spacial score (nSPS) is 26.2. The minimum Gasteiger partial charge on any atom is -0.303 e. The molecular weight excluding hydrogens is 208 g/mol. The van der Waals surface area contributed by atoms with E-state index >= 15 is 0 Å². The van der Waals surface area contributed by atoms with Gasteiger partial charge in [0.15, 0.2) is 0 Å². The molecule has 0 N–H and O–H groups in total. The van der Waals surface area contributed by atoms with Gasteiger partial charge in [0.1, 0.15) is 6.29 Å². The Bertz CT molecular complexity index is 331. The number of hydrogen-bond donors (Lipinski definition) is 0. The molecule has 1 aromatic carbocycles. The standard InChI is InChI=1S/C13H15ClO/c14-12-7-5-10(6-8-12)13-4-2-1-3-11(13)9-15/h5-9,11,13H,1-4H2. The van der Waals surface area contributed by atoms with Crippen molar-refractivity contribution in [1.29, 1.82) is 0 Å². The predicted octanol–water partition coefficient (Wildman–Crippen LogP) is 3.81. The largest absolute Gasteiger partial charge is 0.303 e. The molecule has 2 rings (SSSR count). The van der Waals surface area contributed by atoms with E-state index in [1.807, 2.05) is 12.1 Å². The lowest BCUT2D eigenvalue weighted by molar-refractivity contribution is -0.112. The van der Waals surface area contributed by atoms with Gasteiger partial charge in [0.25, 0.3) is 0 Å². The topological polar surface area (TPSA) is 17.1 Å². The molecule has 1 aromatic rings. The summed E-state index contributed by atoms with van der Waals surface area (Å²) in [5.74, 6) is 0.619. The van der Waals surface area contributed by atoms with E-state index < -0.39 is 0 Å². The summed E-state index contributed by atoms with van der Waals surface area (Å²) in [5.41, 5.74) is 1.26. The third-order valence-electron chi connectivity index (χ3n) is 3.29. The Hall–Kier alpha value is -0.820. The Kier molecular flexibility index (Phi) is 3.42. The van der Waals surface area contributed by atoms with Gasteiger partial charge in [0.2, 0.25) is 0 Å². The number of benzene rings is 1.